The normalized spacial score (nSPS) is 20.9. The molecule has 8 nitrogen and oxygen atoms in total. The van der Waals surface area contributed by atoms with Gasteiger partial charge >= 0.3 is 0 Å². The Morgan fingerprint density at radius 3 is 2.66 bits per heavy atom. The fourth-order valence-electron chi connectivity index (χ4n) is 5.45. The number of fused-ring (bicyclic) bond motifs is 1. The Hall–Kier alpha value is -2.81. The van der Waals surface area contributed by atoms with Gasteiger partial charge in [0.15, 0.2) is 14.9 Å². The summed E-state index contributed by atoms with van der Waals surface area (Å²) in [5, 5.41) is 0.0976. The molecule has 2 fully saturated rings. The number of pyridine rings is 1. The maximum Gasteiger partial charge on any atom is 0.225 e. The lowest BCUT2D eigenvalue weighted by atomic mass is 9.88. The van der Waals surface area contributed by atoms with Crippen LogP contribution < -0.4 is 14.4 Å². The first-order valence-electron chi connectivity index (χ1n) is 12.5. The topological polar surface area (TPSA) is 89.0 Å². The predicted molar refractivity (Wildman–Crippen MR) is 133 cm³/mol. The van der Waals surface area contributed by atoms with Crippen molar-refractivity contribution in [3.05, 3.63) is 36.0 Å². The molecule has 5 rings (SSSR count). The van der Waals surface area contributed by atoms with E-state index in [-0.39, 0.29) is 17.0 Å². The molecule has 1 atom stereocenters. The first kappa shape index (κ1) is 23.9. The summed E-state index contributed by atoms with van der Waals surface area (Å²) >= 11 is 0. The molecule has 0 bridgehead atoms. The van der Waals surface area contributed by atoms with Crippen molar-refractivity contribution < 1.29 is 22.7 Å². The van der Waals surface area contributed by atoms with Gasteiger partial charge in [0.2, 0.25) is 5.91 Å². The number of carbonyl (C=O) groups excluding carboxylic acids is 1. The van der Waals surface area contributed by atoms with Crippen LogP contribution in [0.5, 0.6) is 11.5 Å². The molecule has 2 aliphatic heterocycles. The molecule has 1 aromatic heterocycles. The Morgan fingerprint density at radius 1 is 1.11 bits per heavy atom. The predicted octanol–water partition coefficient (Wildman–Crippen LogP) is 3.88. The Bertz CT molecular complexity index is 1210. The summed E-state index contributed by atoms with van der Waals surface area (Å²) in [4.78, 5) is 21.2. The van der Waals surface area contributed by atoms with Crippen molar-refractivity contribution in [3.63, 3.8) is 0 Å². The number of carbonyl (C=O) groups is 1. The Kier molecular flexibility index (Phi) is 6.61. The molecule has 2 aromatic rings. The molecule has 1 saturated heterocycles. The number of hydrogen-bond donors (Lipinski definition) is 0. The van der Waals surface area contributed by atoms with E-state index >= 15 is 0 Å². The number of hydrogen-bond acceptors (Lipinski definition) is 7. The van der Waals surface area contributed by atoms with E-state index in [0.29, 0.717) is 31.2 Å². The van der Waals surface area contributed by atoms with Crippen LogP contribution in [-0.4, -0.2) is 62.8 Å². The third-order valence-corrected chi connectivity index (χ3v) is 8.32. The summed E-state index contributed by atoms with van der Waals surface area (Å²) in [6, 6.07) is 7.61. The van der Waals surface area contributed by atoms with Crippen LogP contribution in [-0.2, 0) is 14.6 Å². The summed E-state index contributed by atoms with van der Waals surface area (Å²) in [7, 11) is -3.38. The average molecular weight is 500 g/mol. The highest BCUT2D eigenvalue weighted by atomic mass is 32.2. The number of amides is 1. The molecule has 0 radical (unpaired) electrons. The number of rotatable bonds is 5. The minimum Gasteiger partial charge on any atom is -0.490 e. The first-order chi connectivity index (χ1) is 16.8. The minimum absolute atomic E-state index is 0.0310. The molecule has 188 valence electrons. The lowest BCUT2D eigenvalue weighted by Crippen LogP contribution is -2.36. The van der Waals surface area contributed by atoms with Crippen LogP contribution >= 0.6 is 0 Å². The third-order valence-electron chi connectivity index (χ3n) is 7.19. The molecule has 0 unspecified atom stereocenters. The summed E-state index contributed by atoms with van der Waals surface area (Å²) in [6.07, 6.45) is 9.14. The summed E-state index contributed by atoms with van der Waals surface area (Å²) < 4.78 is 36.1. The zero-order valence-corrected chi connectivity index (χ0v) is 21.2. The van der Waals surface area contributed by atoms with Crippen molar-refractivity contribution in [1.82, 2.24) is 9.88 Å². The van der Waals surface area contributed by atoms with E-state index in [1.165, 1.54) is 12.7 Å². The number of ether oxygens (including phenoxy) is 2. The highest BCUT2D eigenvalue weighted by Gasteiger charge is 2.32. The van der Waals surface area contributed by atoms with Crippen molar-refractivity contribution in [2.24, 2.45) is 5.92 Å². The van der Waals surface area contributed by atoms with Crippen LogP contribution in [0.15, 0.2) is 35.5 Å². The number of aryl methyl sites for hydroxylation is 1. The molecule has 1 saturated carbocycles. The van der Waals surface area contributed by atoms with E-state index in [2.05, 4.69) is 9.88 Å². The molecule has 1 aromatic carbocycles. The summed E-state index contributed by atoms with van der Waals surface area (Å²) in [6.45, 7) is 4.26. The van der Waals surface area contributed by atoms with Crippen molar-refractivity contribution in [3.8, 4) is 11.5 Å². The fourth-order valence-corrected chi connectivity index (χ4v) is 6.33. The second-order valence-electron chi connectivity index (χ2n) is 9.87. The monoisotopic (exact) mass is 499 g/mol. The van der Waals surface area contributed by atoms with E-state index in [4.69, 9.17) is 9.47 Å². The maximum atomic E-state index is 12.9. The molecule has 3 heterocycles. The van der Waals surface area contributed by atoms with Gasteiger partial charge in [0.1, 0.15) is 24.2 Å². The largest absolute Gasteiger partial charge is 0.490 e. The van der Waals surface area contributed by atoms with Gasteiger partial charge in [-0.05, 0) is 43.5 Å². The molecule has 1 amide bonds. The second kappa shape index (κ2) is 9.68. The smallest absolute Gasteiger partial charge is 0.225 e. The van der Waals surface area contributed by atoms with Crippen molar-refractivity contribution in [2.75, 3.05) is 37.4 Å². The fraction of sp³-hybridized carbons (Fsp3) is 0.538. The van der Waals surface area contributed by atoms with E-state index in [1.807, 2.05) is 29.2 Å². The molecule has 1 aliphatic carbocycles. The number of nitrogens with zero attached hydrogens (tertiary/aromatic N) is 3. The molecule has 0 spiro atoms. The molecule has 9 heteroatoms. The van der Waals surface area contributed by atoms with Gasteiger partial charge in [-0.25, -0.2) is 13.4 Å². The second-order valence-corrected chi connectivity index (χ2v) is 11.8. The maximum absolute atomic E-state index is 12.9. The SMILES string of the molecule is Cc1cc(N2CCOc3ccc(O[C@H]4CCN(C(=O)C5CCCCC5)C4)cc32)cnc1S(C)(=O)=O. The lowest BCUT2D eigenvalue weighted by Gasteiger charge is -2.32. The average Bonchev–Trinajstić information content (AvgIpc) is 3.31. The number of likely N-dealkylation sites (tertiary alicyclic amines) is 1. The van der Waals surface area contributed by atoms with Gasteiger partial charge in [0.25, 0.3) is 0 Å². The van der Waals surface area contributed by atoms with Crippen LogP contribution in [0.1, 0.15) is 44.1 Å². The summed E-state index contributed by atoms with van der Waals surface area (Å²) in [5.41, 5.74) is 2.27. The van der Waals surface area contributed by atoms with Crippen LogP contribution in [0, 0.1) is 12.8 Å². The Labute approximate surface area is 207 Å². The minimum atomic E-state index is -3.38. The molecule has 35 heavy (non-hydrogen) atoms. The van der Waals surface area contributed by atoms with Gasteiger partial charge in [-0.3, -0.25) is 4.79 Å². The van der Waals surface area contributed by atoms with Crippen LogP contribution in [0.3, 0.4) is 0 Å². The van der Waals surface area contributed by atoms with Crippen LogP contribution in [0.2, 0.25) is 0 Å². The number of sulfone groups is 1. The quantitative estimate of drug-likeness (QED) is 0.617. The van der Waals surface area contributed by atoms with Crippen molar-refractivity contribution in [1.29, 1.82) is 0 Å². The summed E-state index contributed by atoms with van der Waals surface area (Å²) in [5.74, 6) is 1.95. The van der Waals surface area contributed by atoms with Crippen LogP contribution in [0.25, 0.3) is 0 Å². The Morgan fingerprint density at radius 2 is 1.91 bits per heavy atom. The molecular formula is C26H33N3O5S. The standard InChI is InChI=1S/C26H33N3O5S/c1-18-14-20(16-27-25(18)35(2,31)32)29-12-13-33-24-9-8-21(15-23(24)29)34-22-10-11-28(17-22)26(30)19-6-4-3-5-7-19/h8-9,14-16,19,22H,3-7,10-13,17H2,1-2H3/t22-/m0/s1. The molecule has 3 aliphatic rings. The third kappa shape index (κ3) is 5.10. The van der Waals surface area contributed by atoms with Gasteiger partial charge in [-0.15, -0.1) is 0 Å². The van der Waals surface area contributed by atoms with Gasteiger partial charge in [-0.2, -0.15) is 0 Å². The van der Waals surface area contributed by atoms with Crippen LogP contribution in [0.4, 0.5) is 11.4 Å². The number of benzene rings is 1. The van der Waals surface area contributed by atoms with E-state index < -0.39 is 9.84 Å². The zero-order valence-electron chi connectivity index (χ0n) is 20.4. The highest BCUT2D eigenvalue weighted by molar-refractivity contribution is 7.90. The van der Waals surface area contributed by atoms with Gasteiger partial charge in [0.05, 0.1) is 30.7 Å². The number of aromatic nitrogens is 1. The van der Waals surface area contributed by atoms with Crippen molar-refractivity contribution in [2.45, 2.75) is 56.6 Å². The number of anilines is 2. The zero-order chi connectivity index (χ0) is 24.6. The van der Waals surface area contributed by atoms with E-state index in [0.717, 1.165) is 61.5 Å². The van der Waals surface area contributed by atoms with Gasteiger partial charge in [-0.1, -0.05) is 19.3 Å². The highest BCUT2D eigenvalue weighted by Crippen LogP contribution is 2.40. The Balaban J connectivity index is 1.31. The van der Waals surface area contributed by atoms with Gasteiger partial charge in [0, 0.05) is 31.2 Å². The lowest BCUT2D eigenvalue weighted by molar-refractivity contribution is -0.135. The van der Waals surface area contributed by atoms with E-state index in [9.17, 15) is 13.2 Å². The van der Waals surface area contributed by atoms with Crippen molar-refractivity contribution >= 4 is 27.1 Å². The molecule has 0 N–H and O–H groups in total. The molecular weight excluding hydrogens is 466 g/mol. The first-order valence-corrected chi connectivity index (χ1v) is 14.4. The van der Waals surface area contributed by atoms with E-state index in [1.54, 1.807) is 13.1 Å². The van der Waals surface area contributed by atoms with Gasteiger partial charge < -0.3 is 19.3 Å².